The maximum absolute atomic E-state index is 13.8. The minimum Gasteiger partial charge on any atom is -0.497 e. The minimum atomic E-state index is -0.544. The second kappa shape index (κ2) is 12.2. The van der Waals surface area contributed by atoms with Crippen LogP contribution in [0.15, 0.2) is 48.5 Å². The van der Waals surface area contributed by atoms with Crippen LogP contribution in [0.4, 0.5) is 4.39 Å². The van der Waals surface area contributed by atoms with Crippen molar-refractivity contribution in [3.8, 4) is 5.75 Å². The van der Waals surface area contributed by atoms with Crippen LogP contribution in [-0.4, -0.2) is 97.7 Å². The molecule has 0 radical (unpaired) electrons. The van der Waals surface area contributed by atoms with Crippen LogP contribution in [0.3, 0.4) is 0 Å². The smallest absolute Gasteiger partial charge is 0.254 e. The molecule has 3 unspecified atom stereocenters. The van der Waals surface area contributed by atoms with E-state index in [0.29, 0.717) is 50.5 Å². The molecule has 5 rings (SSSR count). The molecule has 3 aliphatic rings. The zero-order chi connectivity index (χ0) is 26.5. The summed E-state index contributed by atoms with van der Waals surface area (Å²) >= 11 is 0. The van der Waals surface area contributed by atoms with E-state index in [1.165, 1.54) is 12.1 Å². The van der Waals surface area contributed by atoms with Gasteiger partial charge in [-0.15, -0.1) is 0 Å². The summed E-state index contributed by atoms with van der Waals surface area (Å²) in [6.07, 6.45) is 2.68. The minimum absolute atomic E-state index is 0.00379. The van der Waals surface area contributed by atoms with Gasteiger partial charge in [-0.25, -0.2) is 4.39 Å². The Kier molecular flexibility index (Phi) is 8.56. The largest absolute Gasteiger partial charge is 0.497 e. The number of nitrogens with zero attached hydrogens (tertiary/aromatic N) is 3. The normalized spacial score (nSPS) is 23.7. The first kappa shape index (κ1) is 26.6. The van der Waals surface area contributed by atoms with Crippen molar-refractivity contribution < 1.29 is 23.5 Å². The Labute approximate surface area is 223 Å². The third-order valence-electron chi connectivity index (χ3n) is 7.85. The summed E-state index contributed by atoms with van der Waals surface area (Å²) < 4.78 is 24.9. The third kappa shape index (κ3) is 6.17. The van der Waals surface area contributed by atoms with E-state index in [9.17, 15) is 14.0 Å². The summed E-state index contributed by atoms with van der Waals surface area (Å²) in [4.78, 5) is 33.5. The number of halogens is 1. The second-order valence-electron chi connectivity index (χ2n) is 10.4. The Hall–Kier alpha value is -3.01. The molecule has 9 heteroatoms. The van der Waals surface area contributed by atoms with E-state index in [-0.39, 0.29) is 29.8 Å². The monoisotopic (exact) mass is 524 g/mol. The molecular weight excluding hydrogens is 487 g/mol. The number of rotatable bonds is 8. The number of hydrogen-bond donors (Lipinski definition) is 1. The molecule has 0 spiro atoms. The van der Waals surface area contributed by atoms with Crippen LogP contribution >= 0.6 is 0 Å². The van der Waals surface area contributed by atoms with Gasteiger partial charge in [0.2, 0.25) is 5.91 Å². The summed E-state index contributed by atoms with van der Waals surface area (Å²) in [6, 6.07) is 13.1. The Morgan fingerprint density at radius 3 is 2.66 bits per heavy atom. The molecule has 204 valence electrons. The van der Waals surface area contributed by atoms with Gasteiger partial charge < -0.3 is 24.6 Å². The van der Waals surface area contributed by atoms with Crippen molar-refractivity contribution in [3.05, 3.63) is 65.5 Å². The lowest BCUT2D eigenvalue weighted by molar-refractivity contribution is -0.135. The van der Waals surface area contributed by atoms with E-state index in [2.05, 4.69) is 10.2 Å². The highest BCUT2D eigenvalue weighted by atomic mass is 19.1. The highest BCUT2D eigenvalue weighted by molar-refractivity contribution is 5.98. The van der Waals surface area contributed by atoms with Crippen molar-refractivity contribution >= 4 is 11.8 Å². The summed E-state index contributed by atoms with van der Waals surface area (Å²) in [5.74, 6) is 0.174. The maximum Gasteiger partial charge on any atom is 0.254 e. The lowest BCUT2D eigenvalue weighted by Gasteiger charge is -2.32. The first-order valence-electron chi connectivity index (χ1n) is 13.6. The molecule has 2 aromatic rings. The number of methoxy groups -OCH3 is 1. The fraction of sp³-hybridized carbons (Fsp3) is 0.517. The third-order valence-corrected chi connectivity index (χ3v) is 7.85. The number of benzene rings is 2. The van der Waals surface area contributed by atoms with Crippen LogP contribution < -0.4 is 10.1 Å². The molecule has 1 N–H and O–H groups in total. The molecule has 0 bridgehead atoms. The molecule has 3 fully saturated rings. The number of carbonyl (C=O) groups excluding carboxylic acids is 2. The number of likely N-dealkylation sites (tertiary alicyclic amines) is 1. The van der Waals surface area contributed by atoms with E-state index >= 15 is 0 Å². The van der Waals surface area contributed by atoms with Crippen LogP contribution in [0, 0.1) is 5.82 Å². The number of ether oxygens (including phenoxy) is 2. The zero-order valence-electron chi connectivity index (χ0n) is 22.0. The van der Waals surface area contributed by atoms with Gasteiger partial charge in [-0.1, -0.05) is 18.2 Å². The number of carbonyl (C=O) groups is 2. The Morgan fingerprint density at radius 2 is 1.95 bits per heavy atom. The van der Waals surface area contributed by atoms with Gasteiger partial charge >= 0.3 is 0 Å². The van der Waals surface area contributed by atoms with Crippen LogP contribution in [0.1, 0.15) is 35.2 Å². The van der Waals surface area contributed by atoms with Crippen molar-refractivity contribution in [1.29, 1.82) is 0 Å². The van der Waals surface area contributed by atoms with Gasteiger partial charge in [0.05, 0.1) is 13.2 Å². The lowest BCUT2D eigenvalue weighted by Crippen LogP contribution is -2.53. The number of nitrogens with one attached hydrogen (secondary N) is 1. The van der Waals surface area contributed by atoms with Crippen LogP contribution in [0.2, 0.25) is 0 Å². The van der Waals surface area contributed by atoms with Crippen LogP contribution in [0.5, 0.6) is 5.75 Å². The van der Waals surface area contributed by atoms with Crippen LogP contribution in [0.25, 0.3) is 0 Å². The molecule has 3 saturated heterocycles. The number of amides is 2. The van der Waals surface area contributed by atoms with Crippen molar-refractivity contribution in [3.63, 3.8) is 0 Å². The lowest BCUT2D eigenvalue weighted by atomic mass is 10.1. The van der Waals surface area contributed by atoms with Gasteiger partial charge in [-0.05, 0) is 55.2 Å². The average Bonchev–Trinajstić information content (AvgIpc) is 3.64. The van der Waals surface area contributed by atoms with Gasteiger partial charge in [0.15, 0.2) is 0 Å². The Balaban J connectivity index is 1.42. The topological polar surface area (TPSA) is 74.4 Å². The first-order valence-corrected chi connectivity index (χ1v) is 13.6. The number of piperazine rings is 1. The standard InChI is InChI=1S/C29H37FN4O4/c1-37-25-5-2-4-22(16-25)28(35)34-19-24(17-27(34)29(36)32-13-11-31-12-14-32)33(20-26-6-3-15-38-26)18-21-7-9-23(30)10-8-21/h2,4-5,7-10,16,24,26-27,31H,3,6,11-15,17-20H2,1H3. The predicted octanol–water partition coefficient (Wildman–Crippen LogP) is 2.53. The summed E-state index contributed by atoms with van der Waals surface area (Å²) in [7, 11) is 1.57. The molecule has 0 saturated carbocycles. The molecule has 38 heavy (non-hydrogen) atoms. The fourth-order valence-electron chi connectivity index (χ4n) is 5.77. The molecule has 0 aliphatic carbocycles. The van der Waals surface area contributed by atoms with Crippen molar-refractivity contribution in [2.75, 3.05) is 53.0 Å². The molecule has 3 heterocycles. The van der Waals surface area contributed by atoms with Gasteiger partial charge in [0.1, 0.15) is 17.6 Å². The van der Waals surface area contributed by atoms with E-state index in [0.717, 1.165) is 38.1 Å². The molecule has 3 aliphatic heterocycles. The van der Waals surface area contributed by atoms with E-state index in [4.69, 9.17) is 9.47 Å². The van der Waals surface area contributed by atoms with Crippen molar-refractivity contribution in [2.45, 2.75) is 44.0 Å². The molecule has 3 atom stereocenters. The highest BCUT2D eigenvalue weighted by Crippen LogP contribution is 2.29. The SMILES string of the molecule is COc1cccc(C(=O)N2CC(N(Cc3ccc(F)cc3)CC3CCCO3)CC2C(=O)N2CCNCC2)c1. The van der Waals surface area contributed by atoms with E-state index < -0.39 is 6.04 Å². The van der Waals surface area contributed by atoms with Crippen molar-refractivity contribution in [2.24, 2.45) is 0 Å². The second-order valence-corrected chi connectivity index (χ2v) is 10.4. The molecule has 2 aromatic carbocycles. The summed E-state index contributed by atoms with van der Waals surface area (Å²) in [5.41, 5.74) is 1.50. The van der Waals surface area contributed by atoms with E-state index in [1.54, 1.807) is 48.4 Å². The highest BCUT2D eigenvalue weighted by Gasteiger charge is 2.44. The summed E-state index contributed by atoms with van der Waals surface area (Å²) in [5, 5.41) is 3.29. The average molecular weight is 525 g/mol. The number of hydrogen-bond acceptors (Lipinski definition) is 6. The predicted molar refractivity (Wildman–Crippen MR) is 141 cm³/mol. The van der Waals surface area contributed by atoms with Gasteiger partial charge in [0, 0.05) is 64.0 Å². The maximum atomic E-state index is 13.8. The zero-order valence-corrected chi connectivity index (χ0v) is 22.0. The van der Waals surface area contributed by atoms with Gasteiger partial charge in [-0.3, -0.25) is 14.5 Å². The molecular formula is C29H37FN4O4. The van der Waals surface area contributed by atoms with Crippen LogP contribution in [-0.2, 0) is 16.1 Å². The molecule has 0 aromatic heterocycles. The van der Waals surface area contributed by atoms with Crippen molar-refractivity contribution in [1.82, 2.24) is 20.0 Å². The summed E-state index contributed by atoms with van der Waals surface area (Å²) in [6.45, 7) is 5.27. The fourth-order valence-corrected chi connectivity index (χ4v) is 5.77. The van der Waals surface area contributed by atoms with Gasteiger partial charge in [0.25, 0.3) is 5.91 Å². The quantitative estimate of drug-likeness (QED) is 0.572. The van der Waals surface area contributed by atoms with E-state index in [1.807, 2.05) is 4.90 Å². The molecule has 8 nitrogen and oxygen atoms in total. The Morgan fingerprint density at radius 1 is 1.16 bits per heavy atom. The molecule has 2 amide bonds. The first-order chi connectivity index (χ1) is 18.5. The Bertz CT molecular complexity index is 1100. The van der Waals surface area contributed by atoms with Gasteiger partial charge in [-0.2, -0.15) is 0 Å².